The van der Waals surface area contributed by atoms with Crippen LogP contribution in [0.3, 0.4) is 0 Å². The summed E-state index contributed by atoms with van der Waals surface area (Å²) in [5.41, 5.74) is 1.44. The van der Waals surface area contributed by atoms with Gasteiger partial charge in [0, 0.05) is 22.9 Å². The van der Waals surface area contributed by atoms with E-state index in [0.717, 1.165) is 11.1 Å². The molecule has 4 rings (SSSR count). The molecule has 1 amide bonds. The minimum absolute atomic E-state index is 0.0327. The van der Waals surface area contributed by atoms with Crippen molar-refractivity contribution in [2.24, 2.45) is 5.41 Å². The lowest BCUT2D eigenvalue weighted by Gasteiger charge is -2.49. The average molecular weight is 519 g/mol. The fourth-order valence-corrected chi connectivity index (χ4v) is 5.73. The standard InChI is InChI=1S/C27H32Cl2N2O4/c1-16(17-6-8-18(9-7-17)25(33)34-5)31-24(32)23(19-12-20(28)14-21(29)13-19)30-27(31)10-11-35-22(15-27)26(2,3)4/h6-9,12-14,16,22-23,30H,10-11,15H2,1-5H3/t16-,22?,23?,27?/m1/s1. The van der Waals surface area contributed by atoms with Gasteiger partial charge in [-0.15, -0.1) is 0 Å². The van der Waals surface area contributed by atoms with Crippen molar-refractivity contribution in [3.8, 4) is 0 Å². The lowest BCUT2D eigenvalue weighted by Crippen LogP contribution is -2.59. The summed E-state index contributed by atoms with van der Waals surface area (Å²) < 4.78 is 11.0. The molecule has 0 aliphatic carbocycles. The summed E-state index contributed by atoms with van der Waals surface area (Å²) in [4.78, 5) is 27.9. The number of rotatable bonds is 4. The first kappa shape index (κ1) is 26.0. The Bertz CT molecular complexity index is 1090. The number of methoxy groups -OCH3 is 1. The number of hydrogen-bond acceptors (Lipinski definition) is 5. The van der Waals surface area contributed by atoms with E-state index in [2.05, 4.69) is 26.1 Å². The Kier molecular flexibility index (Phi) is 7.22. The van der Waals surface area contributed by atoms with E-state index in [1.54, 1.807) is 30.3 Å². The van der Waals surface area contributed by atoms with E-state index in [0.29, 0.717) is 35.1 Å². The Balaban J connectivity index is 1.75. The van der Waals surface area contributed by atoms with Crippen LogP contribution in [0.25, 0.3) is 0 Å². The molecule has 188 valence electrons. The van der Waals surface area contributed by atoms with Gasteiger partial charge in [0.1, 0.15) is 6.04 Å². The summed E-state index contributed by atoms with van der Waals surface area (Å²) in [6.07, 6.45) is 1.27. The number of hydrogen-bond donors (Lipinski definition) is 1. The van der Waals surface area contributed by atoms with Crippen molar-refractivity contribution in [3.05, 3.63) is 69.2 Å². The molecule has 8 heteroatoms. The highest BCUT2D eigenvalue weighted by Crippen LogP contribution is 2.46. The quantitative estimate of drug-likeness (QED) is 0.507. The molecule has 2 saturated heterocycles. The zero-order chi connectivity index (χ0) is 25.5. The molecule has 2 aromatic rings. The van der Waals surface area contributed by atoms with Crippen molar-refractivity contribution in [1.29, 1.82) is 0 Å². The molecule has 1 spiro atoms. The molecular formula is C27H32Cl2N2O4. The molecule has 4 atom stereocenters. The second kappa shape index (κ2) is 9.74. The van der Waals surface area contributed by atoms with E-state index in [1.165, 1.54) is 7.11 Å². The number of halogens is 2. The highest BCUT2D eigenvalue weighted by Gasteiger charge is 2.56. The summed E-state index contributed by atoms with van der Waals surface area (Å²) in [5.74, 6) is -0.433. The zero-order valence-corrected chi connectivity index (χ0v) is 22.2. The van der Waals surface area contributed by atoms with E-state index in [1.807, 2.05) is 24.0 Å². The maximum atomic E-state index is 14.1. The van der Waals surface area contributed by atoms with E-state index in [4.69, 9.17) is 32.7 Å². The third-order valence-corrected chi connectivity index (χ3v) is 7.54. The SMILES string of the molecule is COC(=O)c1ccc([C@@H](C)N2C(=O)C(c3cc(Cl)cc(Cl)c3)NC23CCOC(C(C)(C)C)C3)cc1. The van der Waals surface area contributed by atoms with Crippen LogP contribution in [0.1, 0.15) is 74.1 Å². The van der Waals surface area contributed by atoms with Gasteiger partial charge in [0.25, 0.3) is 0 Å². The molecule has 1 N–H and O–H groups in total. The Morgan fingerprint density at radius 3 is 2.37 bits per heavy atom. The van der Waals surface area contributed by atoms with Crippen LogP contribution in [0.4, 0.5) is 0 Å². The van der Waals surface area contributed by atoms with Crippen molar-refractivity contribution in [2.75, 3.05) is 13.7 Å². The van der Waals surface area contributed by atoms with Gasteiger partial charge in [0.05, 0.1) is 37.1 Å². The van der Waals surface area contributed by atoms with E-state index in [-0.39, 0.29) is 23.5 Å². The molecule has 2 heterocycles. The smallest absolute Gasteiger partial charge is 0.337 e. The summed E-state index contributed by atoms with van der Waals surface area (Å²) in [7, 11) is 1.36. The van der Waals surface area contributed by atoms with Gasteiger partial charge in [0.2, 0.25) is 5.91 Å². The van der Waals surface area contributed by atoms with Crippen molar-refractivity contribution >= 4 is 35.1 Å². The van der Waals surface area contributed by atoms with Crippen LogP contribution in [0.15, 0.2) is 42.5 Å². The van der Waals surface area contributed by atoms with Crippen LogP contribution in [0.2, 0.25) is 10.0 Å². The molecule has 3 unspecified atom stereocenters. The van der Waals surface area contributed by atoms with Crippen LogP contribution in [-0.4, -0.2) is 42.3 Å². The molecule has 2 aliphatic rings. The molecule has 0 bridgehead atoms. The number of nitrogens with one attached hydrogen (secondary N) is 1. The van der Waals surface area contributed by atoms with Gasteiger partial charge >= 0.3 is 5.97 Å². The number of carbonyl (C=O) groups is 2. The molecule has 2 fully saturated rings. The molecule has 6 nitrogen and oxygen atoms in total. The number of amides is 1. The van der Waals surface area contributed by atoms with Crippen LogP contribution in [0, 0.1) is 5.41 Å². The summed E-state index contributed by atoms with van der Waals surface area (Å²) in [5, 5.41) is 4.65. The van der Waals surface area contributed by atoms with Gasteiger partial charge in [-0.3, -0.25) is 10.1 Å². The van der Waals surface area contributed by atoms with Crippen molar-refractivity contribution in [2.45, 2.75) is 64.4 Å². The third-order valence-electron chi connectivity index (χ3n) is 7.10. The Morgan fingerprint density at radius 2 is 1.80 bits per heavy atom. The number of nitrogens with zero attached hydrogens (tertiary/aromatic N) is 1. The molecule has 35 heavy (non-hydrogen) atoms. The first-order chi connectivity index (χ1) is 16.4. The highest BCUT2D eigenvalue weighted by atomic mass is 35.5. The first-order valence-corrected chi connectivity index (χ1v) is 12.6. The topological polar surface area (TPSA) is 67.9 Å². The van der Waals surface area contributed by atoms with Crippen LogP contribution in [-0.2, 0) is 14.3 Å². The number of esters is 1. The largest absolute Gasteiger partial charge is 0.465 e. The molecular weight excluding hydrogens is 487 g/mol. The van der Waals surface area contributed by atoms with Gasteiger partial charge < -0.3 is 14.4 Å². The van der Waals surface area contributed by atoms with Crippen molar-refractivity contribution < 1.29 is 19.1 Å². The van der Waals surface area contributed by atoms with Crippen LogP contribution >= 0.6 is 23.2 Å². The minimum atomic E-state index is -0.604. The van der Waals surface area contributed by atoms with Gasteiger partial charge in [-0.2, -0.15) is 0 Å². The number of benzene rings is 2. The molecule has 2 aliphatic heterocycles. The van der Waals surface area contributed by atoms with Crippen LogP contribution in [0.5, 0.6) is 0 Å². The van der Waals surface area contributed by atoms with Gasteiger partial charge in [-0.25, -0.2) is 4.79 Å². The lowest BCUT2D eigenvalue weighted by atomic mass is 9.80. The first-order valence-electron chi connectivity index (χ1n) is 11.8. The Hall–Kier alpha value is -2.12. The molecule has 0 radical (unpaired) electrons. The summed E-state index contributed by atoms with van der Waals surface area (Å²) in [6, 6.07) is 11.6. The molecule has 0 aromatic heterocycles. The third kappa shape index (κ3) is 5.08. The maximum absolute atomic E-state index is 14.1. The minimum Gasteiger partial charge on any atom is -0.465 e. The second-order valence-electron chi connectivity index (χ2n) is 10.5. The maximum Gasteiger partial charge on any atom is 0.337 e. The lowest BCUT2D eigenvalue weighted by molar-refractivity contribution is -0.146. The van der Waals surface area contributed by atoms with Gasteiger partial charge in [-0.1, -0.05) is 56.1 Å². The Morgan fingerprint density at radius 1 is 1.17 bits per heavy atom. The second-order valence-corrected chi connectivity index (χ2v) is 11.4. The van der Waals surface area contributed by atoms with Crippen molar-refractivity contribution in [1.82, 2.24) is 10.2 Å². The predicted molar refractivity (Wildman–Crippen MR) is 137 cm³/mol. The fraction of sp³-hybridized carbons (Fsp3) is 0.481. The zero-order valence-electron chi connectivity index (χ0n) is 20.7. The summed E-state index contributed by atoms with van der Waals surface area (Å²) in [6.45, 7) is 9.02. The summed E-state index contributed by atoms with van der Waals surface area (Å²) >= 11 is 12.6. The number of carbonyl (C=O) groups excluding carboxylic acids is 2. The molecule has 0 saturated carbocycles. The van der Waals surface area contributed by atoms with Gasteiger partial charge in [-0.05, 0) is 53.8 Å². The van der Waals surface area contributed by atoms with Crippen molar-refractivity contribution in [3.63, 3.8) is 0 Å². The number of ether oxygens (including phenoxy) is 2. The molecule has 2 aromatic carbocycles. The average Bonchev–Trinajstić information content (AvgIpc) is 3.08. The monoisotopic (exact) mass is 518 g/mol. The van der Waals surface area contributed by atoms with E-state index >= 15 is 0 Å². The van der Waals surface area contributed by atoms with Gasteiger partial charge in [0.15, 0.2) is 0 Å². The van der Waals surface area contributed by atoms with E-state index < -0.39 is 17.7 Å². The fourth-order valence-electron chi connectivity index (χ4n) is 5.19. The Labute approximate surface area is 216 Å². The highest BCUT2D eigenvalue weighted by molar-refractivity contribution is 6.34. The normalized spacial score (nSPS) is 25.7. The van der Waals surface area contributed by atoms with Crippen LogP contribution < -0.4 is 5.32 Å². The predicted octanol–water partition coefficient (Wildman–Crippen LogP) is 5.94. The van der Waals surface area contributed by atoms with E-state index in [9.17, 15) is 9.59 Å².